The van der Waals surface area contributed by atoms with Gasteiger partial charge in [0.2, 0.25) is 0 Å². The minimum Gasteiger partial charge on any atom is -0.493 e. The molecule has 0 aromatic heterocycles. The molecule has 5 heteroatoms. The molecule has 1 aromatic carbocycles. The van der Waals surface area contributed by atoms with Gasteiger partial charge in [-0.25, -0.2) is 8.42 Å². The van der Waals surface area contributed by atoms with E-state index in [4.69, 9.17) is 21.8 Å². The molecule has 0 atom stereocenters. The van der Waals surface area contributed by atoms with E-state index < -0.39 is 9.05 Å². The second-order valence-electron chi connectivity index (χ2n) is 5.50. The summed E-state index contributed by atoms with van der Waals surface area (Å²) in [5.41, 5.74) is 0.555. The van der Waals surface area contributed by atoms with E-state index in [0.717, 1.165) is 12.0 Å². The highest BCUT2D eigenvalue weighted by Crippen LogP contribution is 2.34. The van der Waals surface area contributed by atoms with Gasteiger partial charge in [-0.15, -0.1) is 12.3 Å². The zero-order valence-electron chi connectivity index (χ0n) is 11.9. The Morgan fingerprint density at radius 2 is 2.00 bits per heavy atom. The second-order valence-corrected chi connectivity index (χ2v) is 8.07. The summed E-state index contributed by atoms with van der Waals surface area (Å²) in [7, 11) is 1.65. The van der Waals surface area contributed by atoms with Crippen LogP contribution < -0.4 is 4.74 Å². The Labute approximate surface area is 125 Å². The number of ether oxygens (including phenoxy) is 1. The normalized spacial score (nSPS) is 11.9. The van der Waals surface area contributed by atoms with Crippen LogP contribution in [-0.2, 0) is 14.5 Å². The first-order valence-electron chi connectivity index (χ1n) is 6.31. The summed E-state index contributed by atoms with van der Waals surface area (Å²) in [4.78, 5) is 0.0834. The first kappa shape index (κ1) is 16.9. The van der Waals surface area contributed by atoms with E-state index in [9.17, 15) is 8.42 Å². The molecule has 0 unspecified atom stereocenters. The van der Waals surface area contributed by atoms with E-state index in [2.05, 4.69) is 5.92 Å². The molecule has 20 heavy (non-hydrogen) atoms. The van der Waals surface area contributed by atoms with Crippen molar-refractivity contribution in [2.75, 3.05) is 6.61 Å². The highest BCUT2D eigenvalue weighted by molar-refractivity contribution is 8.13. The molecule has 0 aliphatic carbocycles. The van der Waals surface area contributed by atoms with Crippen molar-refractivity contribution in [3.63, 3.8) is 0 Å². The monoisotopic (exact) mass is 314 g/mol. The minimum absolute atomic E-state index is 0.0834. The Bertz CT molecular complexity index is 607. The zero-order valence-corrected chi connectivity index (χ0v) is 13.5. The lowest BCUT2D eigenvalue weighted by Crippen LogP contribution is -2.14. The molecule has 0 N–H and O–H groups in total. The topological polar surface area (TPSA) is 43.4 Å². The summed E-state index contributed by atoms with van der Waals surface area (Å²) in [6.07, 6.45) is 6.60. The summed E-state index contributed by atoms with van der Waals surface area (Å²) in [5.74, 6) is 3.22. The van der Waals surface area contributed by atoms with Gasteiger partial charge in [0, 0.05) is 22.7 Å². The summed E-state index contributed by atoms with van der Waals surface area (Å²) in [5, 5.41) is 0. The van der Waals surface area contributed by atoms with Crippen LogP contribution in [0.2, 0.25) is 0 Å². The number of hydrogen-bond donors (Lipinski definition) is 0. The van der Waals surface area contributed by atoms with Gasteiger partial charge in [-0.3, -0.25) is 0 Å². The van der Waals surface area contributed by atoms with Gasteiger partial charge in [0.15, 0.2) is 0 Å². The maximum absolute atomic E-state index is 11.4. The summed E-state index contributed by atoms with van der Waals surface area (Å²) in [6.45, 7) is 6.46. The molecule has 0 aliphatic heterocycles. The number of rotatable bonds is 5. The van der Waals surface area contributed by atoms with Crippen LogP contribution in [0.3, 0.4) is 0 Å². The average Bonchev–Trinajstić information content (AvgIpc) is 2.32. The summed E-state index contributed by atoms with van der Waals surface area (Å²) >= 11 is 0. The fourth-order valence-electron chi connectivity index (χ4n) is 1.73. The highest BCUT2D eigenvalue weighted by Gasteiger charge is 2.22. The van der Waals surface area contributed by atoms with Crippen molar-refractivity contribution in [3.05, 3.63) is 23.8 Å². The van der Waals surface area contributed by atoms with Crippen LogP contribution in [0.15, 0.2) is 23.1 Å². The van der Waals surface area contributed by atoms with Crippen molar-refractivity contribution < 1.29 is 13.2 Å². The van der Waals surface area contributed by atoms with Gasteiger partial charge in [-0.2, -0.15) is 0 Å². The zero-order chi connectivity index (χ0) is 15.4. The van der Waals surface area contributed by atoms with Crippen LogP contribution in [0.5, 0.6) is 5.75 Å². The highest BCUT2D eigenvalue weighted by atomic mass is 35.7. The largest absolute Gasteiger partial charge is 0.493 e. The van der Waals surface area contributed by atoms with Crippen molar-refractivity contribution in [1.29, 1.82) is 0 Å². The molecular weight excluding hydrogens is 296 g/mol. The van der Waals surface area contributed by atoms with Gasteiger partial charge in [0.25, 0.3) is 9.05 Å². The third kappa shape index (κ3) is 4.73. The second kappa shape index (κ2) is 6.51. The third-order valence-corrected chi connectivity index (χ3v) is 4.12. The molecule has 0 bridgehead atoms. The maximum Gasteiger partial charge on any atom is 0.261 e. The minimum atomic E-state index is -3.74. The van der Waals surface area contributed by atoms with Crippen LogP contribution in [-0.4, -0.2) is 15.0 Å². The SMILES string of the molecule is C#CCCCOc1ccc(S(=O)(=O)Cl)cc1C(C)(C)C. The van der Waals surface area contributed by atoms with E-state index in [0.29, 0.717) is 18.8 Å². The van der Waals surface area contributed by atoms with E-state index >= 15 is 0 Å². The smallest absolute Gasteiger partial charge is 0.261 e. The van der Waals surface area contributed by atoms with E-state index in [-0.39, 0.29) is 10.3 Å². The Kier molecular flexibility index (Phi) is 5.50. The molecule has 0 fully saturated rings. The fraction of sp³-hybridized carbons (Fsp3) is 0.467. The molecular formula is C15H19ClO3S. The number of hydrogen-bond acceptors (Lipinski definition) is 3. The summed E-state index contributed by atoms with van der Waals surface area (Å²) < 4.78 is 28.5. The standard InChI is InChI=1S/C15H19ClO3S/c1-5-6-7-10-19-14-9-8-12(20(16,17)18)11-13(14)15(2,3)4/h1,8-9,11H,6-7,10H2,2-4H3. The first-order valence-corrected chi connectivity index (χ1v) is 8.62. The number of terminal acetylenes is 1. The average molecular weight is 315 g/mol. The van der Waals surface area contributed by atoms with Crippen LogP contribution in [0.1, 0.15) is 39.2 Å². The van der Waals surface area contributed by atoms with Gasteiger partial charge in [0.1, 0.15) is 5.75 Å². The number of benzene rings is 1. The van der Waals surface area contributed by atoms with Gasteiger partial charge >= 0.3 is 0 Å². The molecule has 110 valence electrons. The lowest BCUT2D eigenvalue weighted by atomic mass is 9.86. The van der Waals surface area contributed by atoms with Crippen molar-refractivity contribution >= 4 is 19.7 Å². The van der Waals surface area contributed by atoms with E-state index in [1.807, 2.05) is 20.8 Å². The number of unbranched alkanes of at least 4 members (excludes halogenated alkanes) is 1. The Morgan fingerprint density at radius 1 is 1.35 bits per heavy atom. The Balaban J connectivity index is 3.09. The molecule has 1 rings (SSSR count). The van der Waals surface area contributed by atoms with Crippen LogP contribution in [0.4, 0.5) is 0 Å². The fourth-order valence-corrected chi connectivity index (χ4v) is 2.51. The Hall–Kier alpha value is -1.18. The van der Waals surface area contributed by atoms with Crippen LogP contribution >= 0.6 is 10.7 Å². The van der Waals surface area contributed by atoms with Gasteiger partial charge < -0.3 is 4.74 Å². The molecule has 0 saturated heterocycles. The number of halogens is 1. The molecule has 3 nitrogen and oxygen atoms in total. The molecule has 0 heterocycles. The molecule has 0 saturated carbocycles. The molecule has 1 aromatic rings. The summed E-state index contributed by atoms with van der Waals surface area (Å²) in [6, 6.07) is 4.67. The quantitative estimate of drug-likeness (QED) is 0.473. The molecule has 0 radical (unpaired) electrons. The van der Waals surface area contributed by atoms with Gasteiger partial charge in [-0.1, -0.05) is 20.8 Å². The molecule has 0 aliphatic rings. The third-order valence-electron chi connectivity index (χ3n) is 2.76. The van der Waals surface area contributed by atoms with Crippen molar-refractivity contribution in [3.8, 4) is 18.1 Å². The van der Waals surface area contributed by atoms with Crippen LogP contribution in [0, 0.1) is 12.3 Å². The lowest BCUT2D eigenvalue weighted by molar-refractivity contribution is 0.304. The Morgan fingerprint density at radius 3 is 2.50 bits per heavy atom. The van der Waals surface area contributed by atoms with Gasteiger partial charge in [-0.05, 0) is 30.0 Å². The predicted octanol–water partition coefficient (Wildman–Crippen LogP) is 3.70. The van der Waals surface area contributed by atoms with Crippen molar-refractivity contribution in [2.45, 2.75) is 43.9 Å². The molecule has 0 spiro atoms. The first-order chi connectivity index (χ1) is 9.16. The van der Waals surface area contributed by atoms with Crippen molar-refractivity contribution in [2.24, 2.45) is 0 Å². The van der Waals surface area contributed by atoms with Crippen molar-refractivity contribution in [1.82, 2.24) is 0 Å². The molecule has 0 amide bonds. The lowest BCUT2D eigenvalue weighted by Gasteiger charge is -2.23. The maximum atomic E-state index is 11.4. The van der Waals surface area contributed by atoms with Crippen LogP contribution in [0.25, 0.3) is 0 Å². The van der Waals surface area contributed by atoms with E-state index in [1.54, 1.807) is 12.1 Å². The predicted molar refractivity (Wildman–Crippen MR) is 81.7 cm³/mol. The van der Waals surface area contributed by atoms with Gasteiger partial charge in [0.05, 0.1) is 11.5 Å². The van der Waals surface area contributed by atoms with E-state index in [1.165, 1.54) is 6.07 Å².